The molecule has 2 aromatic rings. The molecule has 3 N–H and O–H groups in total. The number of carbonyl (C=O) groups excluding carboxylic acids is 4. The molecule has 0 bridgehead atoms. The van der Waals surface area contributed by atoms with Gasteiger partial charge in [0.15, 0.2) is 0 Å². The van der Waals surface area contributed by atoms with Crippen LogP contribution in [0.15, 0.2) is 48.5 Å². The number of fused-ring (bicyclic) bond motifs is 1. The molecule has 1 aliphatic heterocycles. The predicted octanol–water partition coefficient (Wildman–Crippen LogP) is 4.29. The molecule has 1 heterocycles. The van der Waals surface area contributed by atoms with E-state index in [1.54, 1.807) is 36.2 Å². The highest BCUT2D eigenvalue weighted by molar-refractivity contribution is 6.01. The molecular weight excluding hydrogens is 572 g/mol. The van der Waals surface area contributed by atoms with E-state index >= 15 is 0 Å². The second kappa shape index (κ2) is 16.8. The van der Waals surface area contributed by atoms with E-state index in [-0.39, 0.29) is 55.5 Å². The van der Waals surface area contributed by atoms with Crippen molar-refractivity contribution in [3.8, 4) is 11.5 Å². The van der Waals surface area contributed by atoms with Crippen LogP contribution >= 0.6 is 0 Å². The molecule has 10 nitrogen and oxygen atoms in total. The smallest absolute Gasteiger partial charge is 0.255 e. The number of hydrogen-bond donors (Lipinski definition) is 3. The molecule has 2 aromatic carbocycles. The average molecular weight is 623 g/mol. The Hall–Kier alpha value is -4.08. The molecule has 0 radical (unpaired) electrons. The maximum atomic E-state index is 13.7. The lowest BCUT2D eigenvalue weighted by atomic mass is 9.99. The molecule has 246 valence electrons. The van der Waals surface area contributed by atoms with Gasteiger partial charge in [-0.25, -0.2) is 0 Å². The summed E-state index contributed by atoms with van der Waals surface area (Å²) in [5.41, 5.74) is 1.43. The zero-order valence-corrected chi connectivity index (χ0v) is 27.7. The summed E-state index contributed by atoms with van der Waals surface area (Å²) in [6, 6.07) is 12.3. The second-order valence-corrected chi connectivity index (χ2v) is 12.9. The molecule has 0 saturated heterocycles. The van der Waals surface area contributed by atoms with Gasteiger partial charge in [-0.05, 0) is 60.4 Å². The highest BCUT2D eigenvalue weighted by atomic mass is 16.5. The Morgan fingerprint density at radius 2 is 1.62 bits per heavy atom. The summed E-state index contributed by atoms with van der Waals surface area (Å²) in [5, 5.41) is 8.34. The van der Waals surface area contributed by atoms with E-state index < -0.39 is 29.8 Å². The molecule has 0 unspecified atom stereocenters. The van der Waals surface area contributed by atoms with E-state index in [0.717, 1.165) is 0 Å². The van der Waals surface area contributed by atoms with Crippen LogP contribution in [0.4, 0.5) is 0 Å². The van der Waals surface area contributed by atoms with Crippen molar-refractivity contribution in [2.75, 3.05) is 26.8 Å². The molecule has 0 aliphatic carbocycles. The topological polar surface area (TPSA) is 126 Å². The van der Waals surface area contributed by atoms with Gasteiger partial charge >= 0.3 is 0 Å². The molecule has 45 heavy (non-hydrogen) atoms. The van der Waals surface area contributed by atoms with Crippen molar-refractivity contribution in [3.05, 3.63) is 59.7 Å². The Labute approximate surface area is 267 Å². The van der Waals surface area contributed by atoms with Gasteiger partial charge in [-0.1, -0.05) is 65.8 Å². The van der Waals surface area contributed by atoms with Crippen LogP contribution in [0.25, 0.3) is 0 Å². The normalized spacial score (nSPS) is 19.8. The van der Waals surface area contributed by atoms with Crippen molar-refractivity contribution in [3.63, 3.8) is 0 Å². The number of rotatable bonds is 10. The molecule has 0 saturated carbocycles. The lowest BCUT2D eigenvalue weighted by molar-refractivity contribution is -0.138. The van der Waals surface area contributed by atoms with Gasteiger partial charge in [-0.15, -0.1) is 0 Å². The number of nitrogens with zero attached hydrogens (tertiary/aromatic N) is 1. The lowest BCUT2D eigenvalue weighted by Gasteiger charge is -2.33. The fourth-order valence-corrected chi connectivity index (χ4v) is 5.27. The standard InChI is InChI=1S/C35H50N4O6/c1-22(2)18-26-21-45-31-11-9-8-10-28(31)33(41)38-29(20-32(40)37-30(19-23(3)4)35(43)39(26)7)34(42)36-16-17-44-27-14-12-25(13-15-27)24(5)6/h8-15,22-24,26,29-30H,16-21H2,1-7H3,(H,36,42)(H,37,40)(H,38,41)/t26-,29+,30+/m1/s1. The third kappa shape index (κ3) is 10.8. The molecular formula is C35H50N4O6. The molecule has 0 aromatic heterocycles. The van der Waals surface area contributed by atoms with Gasteiger partial charge in [0.1, 0.15) is 36.8 Å². The highest BCUT2D eigenvalue weighted by Crippen LogP contribution is 2.22. The summed E-state index contributed by atoms with van der Waals surface area (Å²) >= 11 is 0. The minimum atomic E-state index is -1.19. The number of nitrogens with one attached hydrogen (secondary N) is 3. The first-order valence-electron chi connectivity index (χ1n) is 15.9. The lowest BCUT2D eigenvalue weighted by Crippen LogP contribution is -2.55. The van der Waals surface area contributed by atoms with E-state index in [0.29, 0.717) is 30.3 Å². The Morgan fingerprint density at radius 1 is 0.956 bits per heavy atom. The van der Waals surface area contributed by atoms with Crippen LogP contribution in [0.3, 0.4) is 0 Å². The number of carbonyl (C=O) groups is 4. The quantitative estimate of drug-likeness (QED) is 0.340. The highest BCUT2D eigenvalue weighted by Gasteiger charge is 2.33. The fourth-order valence-electron chi connectivity index (χ4n) is 5.27. The van der Waals surface area contributed by atoms with Crippen molar-refractivity contribution in [2.45, 2.75) is 84.8 Å². The van der Waals surface area contributed by atoms with Gasteiger partial charge in [-0.2, -0.15) is 0 Å². The Morgan fingerprint density at radius 3 is 2.27 bits per heavy atom. The maximum Gasteiger partial charge on any atom is 0.255 e. The zero-order valence-electron chi connectivity index (χ0n) is 27.7. The van der Waals surface area contributed by atoms with E-state index in [2.05, 4.69) is 43.6 Å². The Bertz CT molecular complexity index is 1290. The number of amides is 4. The fraction of sp³-hybridized carbons (Fsp3) is 0.543. The van der Waals surface area contributed by atoms with Crippen LogP contribution < -0.4 is 25.4 Å². The third-order valence-corrected chi connectivity index (χ3v) is 7.77. The molecule has 0 fully saturated rings. The number of para-hydroxylation sites is 1. The number of ether oxygens (including phenoxy) is 2. The van der Waals surface area contributed by atoms with Crippen LogP contribution in [0.5, 0.6) is 11.5 Å². The number of benzene rings is 2. The van der Waals surface area contributed by atoms with Gasteiger partial charge in [0, 0.05) is 7.05 Å². The van der Waals surface area contributed by atoms with Crippen molar-refractivity contribution >= 4 is 23.6 Å². The minimum absolute atomic E-state index is 0.124. The second-order valence-electron chi connectivity index (χ2n) is 12.9. The summed E-state index contributed by atoms with van der Waals surface area (Å²) < 4.78 is 11.9. The van der Waals surface area contributed by atoms with Gasteiger partial charge in [-0.3, -0.25) is 19.2 Å². The van der Waals surface area contributed by atoms with Gasteiger partial charge in [0.2, 0.25) is 17.7 Å². The predicted molar refractivity (Wildman–Crippen MR) is 174 cm³/mol. The SMILES string of the molecule is CC(C)C[C@@H]1COc2ccccc2C(=O)N[C@H](C(=O)NCCOc2ccc(C(C)C)cc2)CC(=O)N[C@@H](CC(C)C)C(=O)N1C. The van der Waals surface area contributed by atoms with Crippen LogP contribution in [0, 0.1) is 11.8 Å². The van der Waals surface area contributed by atoms with Crippen molar-refractivity contribution < 1.29 is 28.7 Å². The average Bonchev–Trinajstić information content (AvgIpc) is 2.99. The molecule has 3 rings (SSSR count). The summed E-state index contributed by atoms with van der Waals surface area (Å²) in [6.45, 7) is 12.9. The molecule has 4 amide bonds. The van der Waals surface area contributed by atoms with Crippen molar-refractivity contribution in [1.29, 1.82) is 0 Å². The van der Waals surface area contributed by atoms with Crippen molar-refractivity contribution in [1.82, 2.24) is 20.9 Å². The van der Waals surface area contributed by atoms with Crippen LogP contribution in [0.2, 0.25) is 0 Å². The number of likely N-dealkylation sites (N-methyl/N-ethyl adjacent to an activating group) is 1. The molecule has 0 spiro atoms. The van der Waals surface area contributed by atoms with E-state index in [9.17, 15) is 19.2 Å². The van der Waals surface area contributed by atoms with Crippen LogP contribution in [0.1, 0.15) is 82.6 Å². The first kappa shape index (κ1) is 35.4. The zero-order chi connectivity index (χ0) is 33.1. The summed E-state index contributed by atoms with van der Waals surface area (Å²) in [7, 11) is 1.72. The van der Waals surface area contributed by atoms with Gasteiger partial charge < -0.3 is 30.3 Å². The Balaban J connectivity index is 1.81. The summed E-state index contributed by atoms with van der Waals surface area (Å²) in [4.78, 5) is 55.5. The van der Waals surface area contributed by atoms with E-state index in [1.807, 2.05) is 38.1 Å². The van der Waals surface area contributed by atoms with E-state index in [4.69, 9.17) is 9.47 Å². The van der Waals surface area contributed by atoms with Gasteiger partial charge in [0.05, 0.1) is 24.6 Å². The number of hydrogen-bond acceptors (Lipinski definition) is 6. The Kier molecular flexibility index (Phi) is 13.2. The molecule has 10 heteroatoms. The molecule has 3 atom stereocenters. The first-order valence-corrected chi connectivity index (χ1v) is 15.9. The monoisotopic (exact) mass is 622 g/mol. The van der Waals surface area contributed by atoms with Crippen LogP contribution in [-0.2, 0) is 14.4 Å². The minimum Gasteiger partial charge on any atom is -0.492 e. The van der Waals surface area contributed by atoms with Crippen LogP contribution in [-0.4, -0.2) is 73.5 Å². The van der Waals surface area contributed by atoms with Gasteiger partial charge in [0.25, 0.3) is 5.91 Å². The maximum absolute atomic E-state index is 13.7. The summed E-state index contributed by atoms with van der Waals surface area (Å²) in [6.07, 6.45) is 0.749. The largest absolute Gasteiger partial charge is 0.492 e. The molecule has 1 aliphatic rings. The third-order valence-electron chi connectivity index (χ3n) is 7.77. The summed E-state index contributed by atoms with van der Waals surface area (Å²) in [5.74, 6) is 0.0118. The van der Waals surface area contributed by atoms with E-state index in [1.165, 1.54) is 5.56 Å². The van der Waals surface area contributed by atoms with Crippen molar-refractivity contribution in [2.24, 2.45) is 11.8 Å². The first-order chi connectivity index (χ1) is 21.3.